The fraction of sp³-hybridized carbons (Fsp3) is 0.556. The topological polar surface area (TPSA) is 68.2 Å². The largest absolute Gasteiger partial charge is 0.393 e. The minimum Gasteiger partial charge on any atom is -0.393 e. The third kappa shape index (κ3) is 3.80. The molecule has 2 aromatic rings. The Morgan fingerprint density at radius 1 is 0.969 bits per heavy atom. The molecule has 1 saturated heterocycles. The van der Waals surface area contributed by atoms with Crippen molar-refractivity contribution in [3.05, 3.63) is 71.8 Å². The van der Waals surface area contributed by atoms with Crippen LogP contribution in [-0.2, 0) is 27.4 Å². The highest BCUT2D eigenvalue weighted by atomic mass is 16.6. The summed E-state index contributed by atoms with van der Waals surface area (Å²) in [5, 5.41) is 21.5. The molecule has 2 N–H and O–H groups in total. The summed E-state index contributed by atoms with van der Waals surface area (Å²) in [6.07, 6.45) is -0.517. The van der Waals surface area contributed by atoms with Crippen molar-refractivity contribution in [1.29, 1.82) is 0 Å². The maximum Gasteiger partial charge on any atom is 0.102 e. The zero-order valence-corrected chi connectivity index (χ0v) is 18.8. The molecule has 32 heavy (non-hydrogen) atoms. The molecule has 0 aromatic heterocycles. The average molecular weight is 439 g/mol. The molecule has 172 valence electrons. The van der Waals surface area contributed by atoms with E-state index in [1.807, 2.05) is 36.4 Å². The Balaban J connectivity index is 1.44. The van der Waals surface area contributed by atoms with E-state index in [1.54, 1.807) is 6.92 Å². The molecular formula is C27H34O5. The highest BCUT2D eigenvalue weighted by Gasteiger charge is 2.69. The van der Waals surface area contributed by atoms with Crippen molar-refractivity contribution >= 4 is 0 Å². The summed E-state index contributed by atoms with van der Waals surface area (Å²) < 4.78 is 19.7. The smallest absolute Gasteiger partial charge is 0.102 e. The van der Waals surface area contributed by atoms with Crippen molar-refractivity contribution in [2.45, 2.75) is 76.0 Å². The van der Waals surface area contributed by atoms with Crippen molar-refractivity contribution in [2.75, 3.05) is 0 Å². The third-order valence-corrected chi connectivity index (χ3v) is 7.89. The molecule has 2 aromatic carbocycles. The molecule has 0 unspecified atom stereocenters. The predicted octanol–water partition coefficient (Wildman–Crippen LogP) is 3.71. The van der Waals surface area contributed by atoms with Crippen LogP contribution in [0.5, 0.6) is 0 Å². The normalized spacial score (nSPS) is 39.1. The van der Waals surface area contributed by atoms with Crippen LogP contribution in [0.1, 0.15) is 37.8 Å². The van der Waals surface area contributed by atoms with Gasteiger partial charge in [0.25, 0.3) is 0 Å². The van der Waals surface area contributed by atoms with Gasteiger partial charge in [-0.25, -0.2) is 0 Å². The van der Waals surface area contributed by atoms with Crippen LogP contribution >= 0.6 is 0 Å². The van der Waals surface area contributed by atoms with Crippen molar-refractivity contribution in [2.24, 2.45) is 17.8 Å². The Kier molecular flexibility index (Phi) is 6.12. The van der Waals surface area contributed by atoms with E-state index in [4.69, 9.17) is 14.2 Å². The number of aliphatic hydroxyl groups excluding tert-OH is 2. The van der Waals surface area contributed by atoms with E-state index >= 15 is 0 Å². The Hall–Kier alpha value is -1.76. The molecule has 5 rings (SSSR count). The number of rotatable bonds is 7. The fourth-order valence-corrected chi connectivity index (χ4v) is 6.45. The lowest BCUT2D eigenvalue weighted by atomic mass is 9.59. The standard InChI is InChI=1S/C27H34O5/c1-17-24(30-15-19-9-5-3-6-10-19)23-22-13-21(29)14-27(23,18(2)28)32-26(22)25(17)31-16-20-11-7-4-8-12-20/h3-12,17-18,21-26,28-29H,13-16H2,1-2H3/t17-,18-,21+,22-,23+,24-,25-,26+,27-/m1/s1. The van der Waals surface area contributed by atoms with E-state index in [0.29, 0.717) is 26.1 Å². The fourth-order valence-electron chi connectivity index (χ4n) is 6.45. The molecule has 5 heteroatoms. The molecule has 0 amide bonds. The summed E-state index contributed by atoms with van der Waals surface area (Å²) in [6, 6.07) is 20.3. The average Bonchev–Trinajstić information content (AvgIpc) is 2.94. The number of hydrogen-bond acceptors (Lipinski definition) is 5. The van der Waals surface area contributed by atoms with Gasteiger partial charge in [-0.1, -0.05) is 67.6 Å². The Morgan fingerprint density at radius 3 is 2.09 bits per heavy atom. The predicted molar refractivity (Wildman–Crippen MR) is 121 cm³/mol. The van der Waals surface area contributed by atoms with Crippen molar-refractivity contribution < 1.29 is 24.4 Å². The van der Waals surface area contributed by atoms with Crippen LogP contribution in [0.2, 0.25) is 0 Å². The van der Waals surface area contributed by atoms with Crippen molar-refractivity contribution in [3.8, 4) is 0 Å². The van der Waals surface area contributed by atoms with E-state index in [9.17, 15) is 10.2 Å². The lowest BCUT2D eigenvalue weighted by molar-refractivity contribution is -0.167. The quantitative estimate of drug-likeness (QED) is 0.690. The van der Waals surface area contributed by atoms with Gasteiger partial charge in [-0.15, -0.1) is 0 Å². The summed E-state index contributed by atoms with van der Waals surface area (Å²) in [5.41, 5.74) is 1.45. The first kappa shape index (κ1) is 22.1. The van der Waals surface area contributed by atoms with Crippen molar-refractivity contribution in [3.63, 3.8) is 0 Å². The molecule has 0 radical (unpaired) electrons. The molecule has 4 bridgehead atoms. The molecule has 2 aliphatic carbocycles. The zero-order valence-electron chi connectivity index (χ0n) is 18.8. The molecule has 3 aliphatic rings. The van der Waals surface area contributed by atoms with Crippen LogP contribution < -0.4 is 0 Å². The van der Waals surface area contributed by atoms with Crippen LogP contribution in [0.25, 0.3) is 0 Å². The summed E-state index contributed by atoms with van der Waals surface area (Å²) in [7, 11) is 0. The van der Waals surface area contributed by atoms with Gasteiger partial charge in [-0.2, -0.15) is 0 Å². The van der Waals surface area contributed by atoms with Crippen molar-refractivity contribution in [1.82, 2.24) is 0 Å². The third-order valence-electron chi connectivity index (χ3n) is 7.89. The van der Waals surface area contributed by atoms with Gasteiger partial charge in [0.15, 0.2) is 0 Å². The van der Waals surface area contributed by atoms with E-state index in [-0.39, 0.29) is 36.1 Å². The van der Waals surface area contributed by atoms with Crippen LogP contribution in [0.15, 0.2) is 60.7 Å². The van der Waals surface area contributed by atoms with E-state index in [0.717, 1.165) is 11.1 Å². The van der Waals surface area contributed by atoms with Gasteiger partial charge in [-0.05, 0) is 30.4 Å². The second-order valence-electron chi connectivity index (χ2n) is 9.88. The Labute approximate surface area is 190 Å². The maximum absolute atomic E-state index is 10.9. The van der Waals surface area contributed by atoms with Gasteiger partial charge in [0.05, 0.1) is 43.7 Å². The van der Waals surface area contributed by atoms with E-state index in [2.05, 4.69) is 31.2 Å². The molecule has 0 spiro atoms. The molecule has 3 fully saturated rings. The molecule has 2 saturated carbocycles. The zero-order chi connectivity index (χ0) is 22.3. The number of hydrogen-bond donors (Lipinski definition) is 2. The van der Waals surface area contributed by atoms with Gasteiger partial charge in [0.2, 0.25) is 0 Å². The molecule has 1 heterocycles. The molecule has 5 nitrogen and oxygen atoms in total. The number of ether oxygens (including phenoxy) is 3. The second kappa shape index (κ2) is 8.88. The second-order valence-corrected chi connectivity index (χ2v) is 9.88. The van der Waals surface area contributed by atoms with Gasteiger partial charge >= 0.3 is 0 Å². The van der Waals surface area contributed by atoms with Crippen LogP contribution in [0.3, 0.4) is 0 Å². The lowest BCUT2D eigenvalue weighted by Gasteiger charge is -2.50. The van der Waals surface area contributed by atoms with Crippen LogP contribution in [0.4, 0.5) is 0 Å². The van der Waals surface area contributed by atoms with Crippen LogP contribution in [-0.4, -0.2) is 46.3 Å². The molecule has 9 atom stereocenters. The summed E-state index contributed by atoms with van der Waals surface area (Å²) >= 11 is 0. The summed E-state index contributed by atoms with van der Waals surface area (Å²) in [4.78, 5) is 0. The Morgan fingerprint density at radius 2 is 1.53 bits per heavy atom. The highest BCUT2D eigenvalue weighted by molar-refractivity contribution is 5.19. The van der Waals surface area contributed by atoms with E-state index in [1.165, 1.54) is 0 Å². The summed E-state index contributed by atoms with van der Waals surface area (Å²) in [5.74, 6) is 0.238. The number of aliphatic hydroxyl groups is 2. The van der Waals surface area contributed by atoms with Gasteiger partial charge in [0, 0.05) is 18.3 Å². The summed E-state index contributed by atoms with van der Waals surface area (Å²) in [6.45, 7) is 4.98. The lowest BCUT2D eigenvalue weighted by Crippen LogP contribution is -2.60. The molecule has 1 aliphatic heterocycles. The van der Waals surface area contributed by atoms with Crippen LogP contribution in [0, 0.1) is 17.8 Å². The minimum absolute atomic E-state index is 0.0335. The number of benzene rings is 2. The Bertz CT molecular complexity index is 887. The van der Waals surface area contributed by atoms with E-state index < -0.39 is 17.8 Å². The first-order valence-electron chi connectivity index (χ1n) is 11.8. The van der Waals surface area contributed by atoms with Gasteiger partial charge < -0.3 is 24.4 Å². The monoisotopic (exact) mass is 438 g/mol. The first-order valence-corrected chi connectivity index (χ1v) is 11.8. The maximum atomic E-state index is 10.9. The van der Waals surface area contributed by atoms with Gasteiger partial charge in [-0.3, -0.25) is 0 Å². The highest BCUT2D eigenvalue weighted by Crippen LogP contribution is 2.59. The first-order chi connectivity index (χ1) is 15.5. The molecular weight excluding hydrogens is 404 g/mol. The van der Waals surface area contributed by atoms with Gasteiger partial charge in [0.1, 0.15) is 5.60 Å². The minimum atomic E-state index is -0.798. The SMILES string of the molecule is C[C@H]1[C@@H](OCc2ccccc2)[C@H]2O[C@@]3([C@@H](C)O)C[C@@H](O)C[C@@H]2[C@H]3[C@@H]1OCc1ccccc1.